The van der Waals surface area contributed by atoms with Crippen LogP contribution >= 0.6 is 24.0 Å². The summed E-state index contributed by atoms with van der Waals surface area (Å²) in [5.74, 6) is 0.569. The van der Waals surface area contributed by atoms with Crippen molar-refractivity contribution in [3.05, 3.63) is 35.6 Å². The van der Waals surface area contributed by atoms with E-state index in [4.69, 9.17) is 0 Å². The molecule has 0 amide bonds. The lowest BCUT2D eigenvalue weighted by Gasteiger charge is -2.30. The monoisotopic (exact) mass is 464 g/mol. The Morgan fingerprint density at radius 1 is 1.12 bits per heavy atom. The molecule has 1 aromatic carbocycles. The van der Waals surface area contributed by atoms with Gasteiger partial charge >= 0.3 is 0 Å². The van der Waals surface area contributed by atoms with Crippen LogP contribution in [0.2, 0.25) is 0 Å². The lowest BCUT2D eigenvalue weighted by atomic mass is 9.84. The minimum absolute atomic E-state index is 0. The smallest absolute Gasteiger partial charge is 0.191 e. The highest BCUT2D eigenvalue weighted by Gasteiger charge is 2.23. The number of guanidine groups is 1. The van der Waals surface area contributed by atoms with Gasteiger partial charge in [0.05, 0.1) is 0 Å². The molecule has 0 bridgehead atoms. The molecule has 1 aromatic rings. The Kier molecular flexibility index (Phi) is 9.94. The normalized spacial score (nSPS) is 12.8. The topological polar surface area (TPSA) is 39.7 Å². The van der Waals surface area contributed by atoms with Crippen LogP contribution in [0.25, 0.3) is 0 Å². The van der Waals surface area contributed by atoms with E-state index in [1.807, 2.05) is 6.07 Å². The fraction of sp³-hybridized carbons (Fsp3) is 0.632. The van der Waals surface area contributed by atoms with Crippen molar-refractivity contribution in [1.29, 1.82) is 0 Å². The molecule has 1 rings (SSSR count). The first kappa shape index (κ1) is 24.1. The molecule has 0 aliphatic rings. The van der Waals surface area contributed by atoms with E-state index in [1.54, 1.807) is 19.2 Å². The first-order chi connectivity index (χ1) is 11.1. The SMILES string of the molecule is CN=C(NCC(C)(C)CN(C)C)NCC(C)(C)c1cccc(F)c1.I. The number of aliphatic imine (C=N–C) groups is 1. The summed E-state index contributed by atoms with van der Waals surface area (Å²) < 4.78 is 13.5. The largest absolute Gasteiger partial charge is 0.356 e. The molecule has 0 aliphatic heterocycles. The molecule has 6 heteroatoms. The van der Waals surface area contributed by atoms with E-state index >= 15 is 0 Å². The van der Waals surface area contributed by atoms with Crippen LogP contribution in [-0.2, 0) is 5.41 Å². The van der Waals surface area contributed by atoms with E-state index in [9.17, 15) is 4.39 Å². The standard InChI is InChI=1S/C19H33FN4.HI/c1-18(2,14-24(6)7)12-22-17(21-5)23-13-19(3,4)15-9-8-10-16(20)11-15;/h8-11H,12-14H2,1-7H3,(H2,21,22,23);1H. The van der Waals surface area contributed by atoms with Gasteiger partial charge < -0.3 is 15.5 Å². The van der Waals surface area contributed by atoms with Crippen molar-refractivity contribution in [3.63, 3.8) is 0 Å². The molecular weight excluding hydrogens is 430 g/mol. The molecule has 4 nitrogen and oxygen atoms in total. The van der Waals surface area contributed by atoms with E-state index in [1.165, 1.54) is 6.07 Å². The second-order valence-electron chi connectivity index (χ2n) is 8.08. The van der Waals surface area contributed by atoms with Crippen LogP contribution in [0.3, 0.4) is 0 Å². The molecule has 0 saturated carbocycles. The van der Waals surface area contributed by atoms with Gasteiger partial charge in [-0.3, -0.25) is 4.99 Å². The molecule has 0 atom stereocenters. The summed E-state index contributed by atoms with van der Waals surface area (Å²) in [5, 5.41) is 6.75. The van der Waals surface area contributed by atoms with Crippen molar-refractivity contribution in [2.45, 2.75) is 33.1 Å². The quantitative estimate of drug-likeness (QED) is 0.369. The summed E-state index contributed by atoms with van der Waals surface area (Å²) in [7, 11) is 5.93. The summed E-state index contributed by atoms with van der Waals surface area (Å²) in [6.07, 6.45) is 0. The second-order valence-corrected chi connectivity index (χ2v) is 8.08. The first-order valence-electron chi connectivity index (χ1n) is 8.41. The van der Waals surface area contributed by atoms with Gasteiger partial charge in [0.15, 0.2) is 5.96 Å². The number of hydrogen-bond acceptors (Lipinski definition) is 2. The van der Waals surface area contributed by atoms with Gasteiger partial charge in [0.1, 0.15) is 5.82 Å². The van der Waals surface area contributed by atoms with Crippen molar-refractivity contribution in [1.82, 2.24) is 15.5 Å². The van der Waals surface area contributed by atoms with Crippen molar-refractivity contribution in [3.8, 4) is 0 Å². The first-order valence-corrected chi connectivity index (χ1v) is 8.41. The molecule has 2 N–H and O–H groups in total. The fourth-order valence-corrected chi connectivity index (χ4v) is 2.77. The predicted molar refractivity (Wildman–Crippen MR) is 117 cm³/mol. The summed E-state index contributed by atoms with van der Waals surface area (Å²) >= 11 is 0. The number of halogens is 2. The highest BCUT2D eigenvalue weighted by atomic mass is 127. The predicted octanol–water partition coefficient (Wildman–Crippen LogP) is 3.47. The summed E-state index contributed by atoms with van der Waals surface area (Å²) in [6.45, 7) is 11.1. The molecule has 0 radical (unpaired) electrons. The molecule has 0 spiro atoms. The molecule has 144 valence electrons. The van der Waals surface area contributed by atoms with E-state index < -0.39 is 0 Å². The number of rotatable bonds is 7. The van der Waals surface area contributed by atoms with Crippen LogP contribution in [0, 0.1) is 11.2 Å². The molecule has 0 heterocycles. The highest BCUT2D eigenvalue weighted by Crippen LogP contribution is 2.22. The third kappa shape index (κ3) is 8.85. The molecule has 0 unspecified atom stereocenters. The van der Waals surface area contributed by atoms with Crippen molar-refractivity contribution in [2.75, 3.05) is 40.8 Å². The van der Waals surface area contributed by atoms with Crippen molar-refractivity contribution >= 4 is 29.9 Å². The number of hydrogen-bond donors (Lipinski definition) is 2. The Balaban J connectivity index is 0.00000576. The summed E-state index contributed by atoms with van der Waals surface area (Å²) in [4.78, 5) is 6.48. The van der Waals surface area contributed by atoms with Crippen LogP contribution in [0.1, 0.15) is 33.3 Å². The van der Waals surface area contributed by atoms with E-state index in [0.29, 0.717) is 6.54 Å². The lowest BCUT2D eigenvalue weighted by Crippen LogP contribution is -2.47. The Bertz CT molecular complexity index is 556. The van der Waals surface area contributed by atoms with Gasteiger partial charge in [0.25, 0.3) is 0 Å². The molecule has 0 aromatic heterocycles. The maximum Gasteiger partial charge on any atom is 0.191 e. The van der Waals surface area contributed by atoms with Gasteiger partial charge in [0, 0.05) is 32.1 Å². The van der Waals surface area contributed by atoms with Crippen LogP contribution in [0.4, 0.5) is 4.39 Å². The highest BCUT2D eigenvalue weighted by molar-refractivity contribution is 14.0. The van der Waals surface area contributed by atoms with Gasteiger partial charge in [-0.2, -0.15) is 0 Å². The van der Waals surface area contributed by atoms with E-state index in [0.717, 1.165) is 24.6 Å². The zero-order valence-electron chi connectivity index (χ0n) is 16.6. The second kappa shape index (κ2) is 10.3. The Morgan fingerprint density at radius 2 is 1.72 bits per heavy atom. The number of benzene rings is 1. The summed E-state index contributed by atoms with van der Waals surface area (Å²) in [5.41, 5.74) is 0.913. The fourth-order valence-electron chi connectivity index (χ4n) is 2.77. The molecule has 25 heavy (non-hydrogen) atoms. The third-order valence-corrected chi connectivity index (χ3v) is 4.01. The van der Waals surface area contributed by atoms with Crippen molar-refractivity contribution < 1.29 is 4.39 Å². The molecule has 0 aliphatic carbocycles. The number of nitrogens with zero attached hydrogens (tertiary/aromatic N) is 2. The van der Waals surface area contributed by atoms with Gasteiger partial charge in [-0.15, -0.1) is 24.0 Å². The average Bonchev–Trinajstić information content (AvgIpc) is 2.46. The zero-order chi connectivity index (χ0) is 18.4. The average molecular weight is 464 g/mol. The maximum atomic E-state index is 13.5. The number of nitrogens with one attached hydrogen (secondary N) is 2. The van der Waals surface area contributed by atoms with Gasteiger partial charge in [-0.1, -0.05) is 39.8 Å². The zero-order valence-corrected chi connectivity index (χ0v) is 18.9. The Hall–Kier alpha value is -0.890. The Morgan fingerprint density at radius 3 is 2.24 bits per heavy atom. The molecule has 0 fully saturated rings. The van der Waals surface area contributed by atoms with Crippen LogP contribution in [0.15, 0.2) is 29.3 Å². The van der Waals surface area contributed by atoms with E-state index in [2.05, 4.69) is 62.3 Å². The van der Waals surface area contributed by atoms with E-state index in [-0.39, 0.29) is 40.6 Å². The van der Waals surface area contributed by atoms with Gasteiger partial charge in [0.2, 0.25) is 0 Å². The summed E-state index contributed by atoms with van der Waals surface area (Å²) in [6, 6.07) is 6.78. The minimum atomic E-state index is -0.200. The van der Waals surface area contributed by atoms with Gasteiger partial charge in [-0.05, 0) is 37.2 Å². The van der Waals surface area contributed by atoms with Crippen LogP contribution in [-0.4, -0.2) is 51.6 Å². The van der Waals surface area contributed by atoms with Crippen LogP contribution in [0.5, 0.6) is 0 Å². The molecular formula is C19H34FIN4. The minimum Gasteiger partial charge on any atom is -0.356 e. The maximum absolute atomic E-state index is 13.5. The lowest BCUT2D eigenvalue weighted by molar-refractivity contribution is 0.241. The van der Waals surface area contributed by atoms with Crippen molar-refractivity contribution in [2.24, 2.45) is 10.4 Å². The molecule has 0 saturated heterocycles. The van der Waals surface area contributed by atoms with Crippen LogP contribution < -0.4 is 10.6 Å². The Labute approximate surface area is 169 Å². The van der Waals surface area contributed by atoms with Gasteiger partial charge in [-0.25, -0.2) is 4.39 Å². The third-order valence-electron chi connectivity index (χ3n) is 4.01.